The minimum atomic E-state index is -0.405. The maximum Gasteiger partial charge on any atom is 0.250 e. The van der Waals surface area contributed by atoms with Crippen LogP contribution in [0.2, 0.25) is 0 Å². The molecule has 3 atom stereocenters. The van der Waals surface area contributed by atoms with Gasteiger partial charge < -0.3 is 9.67 Å². The number of rotatable bonds is 3. The molecule has 3 nitrogen and oxygen atoms in total. The lowest BCUT2D eigenvalue weighted by atomic mass is 9.66. The molecule has 1 aliphatic rings. The third-order valence-electron chi connectivity index (χ3n) is 4.96. The quantitative estimate of drug-likeness (QED) is 0.925. The van der Waals surface area contributed by atoms with Crippen molar-refractivity contribution in [3.63, 3.8) is 0 Å². The Kier molecular flexibility index (Phi) is 4.33. The van der Waals surface area contributed by atoms with Crippen molar-refractivity contribution in [3.05, 3.63) is 34.5 Å². The van der Waals surface area contributed by atoms with Crippen LogP contribution in [0.25, 0.3) is 0 Å². The van der Waals surface area contributed by atoms with Crippen LogP contribution in [-0.2, 0) is 0 Å². The zero-order chi connectivity index (χ0) is 14.9. The zero-order valence-corrected chi connectivity index (χ0v) is 12.5. The second-order valence-corrected chi connectivity index (χ2v) is 6.58. The lowest BCUT2D eigenvalue weighted by molar-refractivity contribution is 0.0201. The molecule has 1 saturated carbocycles. The summed E-state index contributed by atoms with van der Waals surface area (Å²) in [6.07, 6.45) is 4.03. The normalized spacial score (nSPS) is 27.6. The van der Waals surface area contributed by atoms with E-state index in [4.69, 9.17) is 0 Å². The van der Waals surface area contributed by atoms with Gasteiger partial charge in [-0.2, -0.15) is 0 Å². The van der Waals surface area contributed by atoms with Crippen molar-refractivity contribution in [2.24, 2.45) is 11.3 Å². The summed E-state index contributed by atoms with van der Waals surface area (Å²) in [4.78, 5) is 12.1. The van der Waals surface area contributed by atoms with E-state index in [1.807, 2.05) is 0 Å². The number of nitrogens with zero attached hydrogens (tertiary/aromatic N) is 1. The van der Waals surface area contributed by atoms with Crippen molar-refractivity contribution in [3.8, 4) is 0 Å². The van der Waals surface area contributed by atoms with Crippen molar-refractivity contribution >= 4 is 0 Å². The zero-order valence-electron chi connectivity index (χ0n) is 12.5. The predicted octanol–water partition coefficient (Wildman–Crippen LogP) is 3.13. The van der Waals surface area contributed by atoms with E-state index in [-0.39, 0.29) is 22.9 Å². The van der Waals surface area contributed by atoms with Crippen LogP contribution in [0.3, 0.4) is 0 Å². The number of aliphatic hydroxyl groups is 1. The minimum Gasteiger partial charge on any atom is -0.393 e. The number of halogens is 1. The molecule has 4 heteroatoms. The second kappa shape index (κ2) is 5.68. The van der Waals surface area contributed by atoms with E-state index in [0.29, 0.717) is 6.42 Å². The van der Waals surface area contributed by atoms with Gasteiger partial charge in [-0.25, -0.2) is 4.39 Å². The summed E-state index contributed by atoms with van der Waals surface area (Å²) in [6.45, 7) is 6.51. The molecule has 0 amide bonds. The summed E-state index contributed by atoms with van der Waals surface area (Å²) in [5.41, 5.74) is -0.126. The molecule has 1 heterocycles. The van der Waals surface area contributed by atoms with E-state index in [9.17, 15) is 14.3 Å². The third-order valence-corrected chi connectivity index (χ3v) is 4.96. The molecule has 0 aromatic carbocycles. The van der Waals surface area contributed by atoms with Crippen molar-refractivity contribution in [1.82, 2.24) is 4.57 Å². The Morgan fingerprint density at radius 3 is 2.75 bits per heavy atom. The lowest BCUT2D eigenvalue weighted by Gasteiger charge is -2.44. The largest absolute Gasteiger partial charge is 0.393 e. The van der Waals surface area contributed by atoms with Crippen LogP contribution in [0.1, 0.15) is 52.5 Å². The van der Waals surface area contributed by atoms with Crippen LogP contribution < -0.4 is 5.56 Å². The first-order valence-electron chi connectivity index (χ1n) is 7.41. The molecule has 2 rings (SSSR count). The maximum absolute atomic E-state index is 13.5. The monoisotopic (exact) mass is 281 g/mol. The van der Waals surface area contributed by atoms with Crippen LogP contribution in [0.4, 0.5) is 4.39 Å². The van der Waals surface area contributed by atoms with Crippen LogP contribution in [-0.4, -0.2) is 15.8 Å². The molecule has 1 aliphatic carbocycles. The van der Waals surface area contributed by atoms with Crippen LogP contribution >= 0.6 is 0 Å². The van der Waals surface area contributed by atoms with Gasteiger partial charge in [0.2, 0.25) is 0 Å². The molecule has 1 aromatic heterocycles. The molecule has 20 heavy (non-hydrogen) atoms. The summed E-state index contributed by atoms with van der Waals surface area (Å²) in [6, 6.07) is 2.33. The van der Waals surface area contributed by atoms with Gasteiger partial charge in [0.15, 0.2) is 0 Å². The van der Waals surface area contributed by atoms with Gasteiger partial charge in [-0.3, -0.25) is 4.79 Å². The molecule has 0 bridgehead atoms. The topological polar surface area (TPSA) is 42.2 Å². The molecule has 112 valence electrons. The van der Waals surface area contributed by atoms with E-state index in [1.54, 1.807) is 0 Å². The van der Waals surface area contributed by atoms with Gasteiger partial charge in [-0.1, -0.05) is 27.2 Å². The molecule has 0 aliphatic heterocycles. The lowest BCUT2D eigenvalue weighted by Crippen LogP contribution is -2.41. The third kappa shape index (κ3) is 2.95. The molecule has 1 N–H and O–H groups in total. The van der Waals surface area contributed by atoms with Gasteiger partial charge in [-0.15, -0.1) is 0 Å². The first-order chi connectivity index (χ1) is 9.35. The Hall–Kier alpha value is -1.16. The number of hydrogen-bond acceptors (Lipinski definition) is 2. The Labute approximate surface area is 119 Å². The van der Waals surface area contributed by atoms with Crippen molar-refractivity contribution in [1.29, 1.82) is 0 Å². The van der Waals surface area contributed by atoms with E-state index in [0.717, 1.165) is 19.3 Å². The molecule has 0 saturated heterocycles. The van der Waals surface area contributed by atoms with Crippen molar-refractivity contribution in [2.45, 2.75) is 58.6 Å². The van der Waals surface area contributed by atoms with Gasteiger partial charge >= 0.3 is 0 Å². The van der Waals surface area contributed by atoms with E-state index in [1.165, 1.54) is 22.9 Å². The van der Waals surface area contributed by atoms with Crippen LogP contribution in [0, 0.1) is 17.2 Å². The first kappa shape index (κ1) is 15.2. The highest BCUT2D eigenvalue weighted by Crippen LogP contribution is 2.45. The molecule has 0 radical (unpaired) electrons. The fourth-order valence-electron chi connectivity index (χ4n) is 3.34. The molecular weight excluding hydrogens is 257 g/mol. The number of pyridine rings is 1. The van der Waals surface area contributed by atoms with Gasteiger partial charge in [0.05, 0.1) is 6.10 Å². The smallest absolute Gasteiger partial charge is 0.250 e. The standard InChI is InChI=1S/C16H24FNO2/c1-4-16(2,3)13-7-6-12(19)9-14(13)18-10-11(17)5-8-15(18)20/h5,8,10,12-14,19H,4,6-7,9H2,1-3H3. The Morgan fingerprint density at radius 2 is 2.10 bits per heavy atom. The van der Waals surface area contributed by atoms with Gasteiger partial charge in [0, 0.05) is 18.3 Å². The second-order valence-electron chi connectivity index (χ2n) is 6.58. The van der Waals surface area contributed by atoms with E-state index < -0.39 is 11.9 Å². The number of aliphatic hydroxyl groups excluding tert-OH is 1. The first-order valence-corrected chi connectivity index (χ1v) is 7.41. The van der Waals surface area contributed by atoms with Gasteiger partial charge in [0.1, 0.15) is 5.82 Å². The number of hydrogen-bond donors (Lipinski definition) is 1. The molecule has 3 unspecified atom stereocenters. The van der Waals surface area contributed by atoms with Crippen molar-refractivity contribution < 1.29 is 9.50 Å². The maximum atomic E-state index is 13.5. The average molecular weight is 281 g/mol. The average Bonchev–Trinajstić information content (AvgIpc) is 2.41. The van der Waals surface area contributed by atoms with Gasteiger partial charge in [0.25, 0.3) is 5.56 Å². The van der Waals surface area contributed by atoms with Crippen LogP contribution in [0.15, 0.2) is 23.1 Å². The van der Waals surface area contributed by atoms with Crippen LogP contribution in [0.5, 0.6) is 0 Å². The van der Waals surface area contributed by atoms with Crippen molar-refractivity contribution in [2.75, 3.05) is 0 Å². The fourth-order valence-corrected chi connectivity index (χ4v) is 3.34. The van der Waals surface area contributed by atoms with Gasteiger partial charge in [-0.05, 0) is 36.7 Å². The van der Waals surface area contributed by atoms with E-state index >= 15 is 0 Å². The minimum absolute atomic E-state index is 0.0660. The molecule has 1 aromatic rings. The van der Waals surface area contributed by atoms with E-state index in [2.05, 4.69) is 20.8 Å². The molecular formula is C16H24FNO2. The Morgan fingerprint density at radius 1 is 1.40 bits per heavy atom. The molecule has 1 fully saturated rings. The molecule has 0 spiro atoms. The fraction of sp³-hybridized carbons (Fsp3) is 0.688. The summed E-state index contributed by atoms with van der Waals surface area (Å²) >= 11 is 0. The number of aromatic nitrogens is 1. The highest BCUT2D eigenvalue weighted by molar-refractivity contribution is 5.01. The summed E-state index contributed by atoms with van der Waals surface area (Å²) in [5, 5.41) is 9.95. The Balaban J connectivity index is 2.42. The highest BCUT2D eigenvalue weighted by atomic mass is 19.1. The summed E-state index contributed by atoms with van der Waals surface area (Å²) < 4.78 is 15.0. The summed E-state index contributed by atoms with van der Waals surface area (Å²) in [7, 11) is 0. The SMILES string of the molecule is CCC(C)(C)C1CCC(O)CC1n1cc(F)ccc1=O. The Bertz CT molecular complexity index is 523. The summed E-state index contributed by atoms with van der Waals surface area (Å²) in [5.74, 6) is -0.131. The highest BCUT2D eigenvalue weighted by Gasteiger charge is 2.39. The predicted molar refractivity (Wildman–Crippen MR) is 77.1 cm³/mol.